The first-order valence-electron chi connectivity index (χ1n) is 6.16. The van der Waals surface area contributed by atoms with Gasteiger partial charge in [-0.25, -0.2) is 0 Å². The molecule has 1 N–H and O–H groups in total. The number of carbonyl (C=O) groups is 1. The quantitative estimate of drug-likeness (QED) is 0.695. The van der Waals surface area contributed by atoms with Crippen molar-refractivity contribution in [3.05, 3.63) is 61.1 Å². The van der Waals surface area contributed by atoms with Crippen LogP contribution in [-0.4, -0.2) is 10.8 Å². The van der Waals surface area contributed by atoms with E-state index in [1.165, 1.54) is 10.9 Å². The molecule has 7 heteroatoms. The summed E-state index contributed by atoms with van der Waals surface area (Å²) in [5.41, 5.74) is 0.574. The first-order valence-corrected chi connectivity index (χ1v) is 6.98. The monoisotopic (exact) mass is 308 g/mol. The fourth-order valence-electron chi connectivity index (χ4n) is 1.80. The molecule has 0 saturated heterocycles. The summed E-state index contributed by atoms with van der Waals surface area (Å²) in [5, 5.41) is 13.2. The van der Waals surface area contributed by atoms with Crippen LogP contribution in [-0.2, 0) is 6.54 Å². The zero-order valence-electron chi connectivity index (χ0n) is 11.5. The van der Waals surface area contributed by atoms with Crippen molar-refractivity contribution >= 4 is 22.9 Å². The van der Waals surface area contributed by atoms with Gasteiger partial charge >= 0.3 is 5.69 Å². The van der Waals surface area contributed by atoms with Gasteiger partial charge in [0.1, 0.15) is 0 Å². The fourth-order valence-corrected chi connectivity index (χ4v) is 2.80. The molecule has 1 aromatic heterocycles. The second-order valence-corrected chi connectivity index (χ2v) is 5.90. The van der Waals surface area contributed by atoms with Gasteiger partial charge in [0.2, 0.25) is 5.82 Å². The maximum Gasteiger partial charge on any atom is 0.304 e. The number of carbonyl (C=O) groups excluding carboxylic acids is 1. The molecule has 0 unspecified atom stereocenters. The molecule has 110 valence electrons. The Morgan fingerprint density at radius 2 is 2.10 bits per heavy atom. The smallest absolute Gasteiger partial charge is 0.304 e. The van der Waals surface area contributed by atoms with Crippen LogP contribution in [0.15, 0.2) is 24.3 Å². The van der Waals surface area contributed by atoms with Gasteiger partial charge in [-0.05, 0) is 37.6 Å². The predicted molar refractivity (Wildman–Crippen MR) is 78.0 cm³/mol. The number of hydrogen-bond donors (Lipinski definition) is 1. The molecule has 0 radical (unpaired) electrons. The first kappa shape index (κ1) is 15.1. The van der Waals surface area contributed by atoms with E-state index in [-0.39, 0.29) is 5.56 Å². The highest BCUT2D eigenvalue weighted by atomic mass is 32.1. The number of hydrogen-bond acceptors (Lipinski definition) is 4. The summed E-state index contributed by atoms with van der Waals surface area (Å²) >= 11 is 1.58. The summed E-state index contributed by atoms with van der Waals surface area (Å²) in [5.74, 6) is -1.48. The minimum Gasteiger partial charge on any atom is -0.347 e. The number of nitro benzene ring substituents is 1. The molecule has 0 aliphatic carbocycles. The third-order valence-corrected chi connectivity index (χ3v) is 4.20. The average molecular weight is 308 g/mol. The van der Waals surface area contributed by atoms with Crippen molar-refractivity contribution in [2.24, 2.45) is 0 Å². The Balaban J connectivity index is 2.06. The normalized spacial score (nSPS) is 10.4. The average Bonchev–Trinajstić information content (AvgIpc) is 2.74. The van der Waals surface area contributed by atoms with E-state index in [0.29, 0.717) is 6.54 Å². The summed E-state index contributed by atoms with van der Waals surface area (Å²) in [4.78, 5) is 23.8. The molecular formula is C14H13FN2O3S. The Hall–Kier alpha value is -2.28. The summed E-state index contributed by atoms with van der Waals surface area (Å²) in [6.07, 6.45) is 0. The van der Waals surface area contributed by atoms with Crippen molar-refractivity contribution in [1.82, 2.24) is 5.32 Å². The zero-order chi connectivity index (χ0) is 15.6. The molecule has 0 atom stereocenters. The maximum absolute atomic E-state index is 13.5. The van der Waals surface area contributed by atoms with Crippen LogP contribution in [0.2, 0.25) is 0 Å². The molecule has 0 spiro atoms. The van der Waals surface area contributed by atoms with Crippen LogP contribution < -0.4 is 5.32 Å². The zero-order valence-corrected chi connectivity index (χ0v) is 12.3. The predicted octanol–water partition coefficient (Wildman–Crippen LogP) is 3.34. The van der Waals surface area contributed by atoms with Crippen molar-refractivity contribution in [2.75, 3.05) is 0 Å². The van der Waals surface area contributed by atoms with Crippen LogP contribution in [0.4, 0.5) is 10.1 Å². The molecule has 1 heterocycles. The minimum atomic E-state index is -1.02. The van der Waals surface area contributed by atoms with Gasteiger partial charge in [0.05, 0.1) is 11.5 Å². The molecule has 0 saturated carbocycles. The number of rotatable bonds is 4. The summed E-state index contributed by atoms with van der Waals surface area (Å²) < 4.78 is 13.5. The second kappa shape index (κ2) is 6.01. The number of aryl methyl sites for hydroxylation is 2. The molecule has 2 aromatic rings. The molecule has 0 fully saturated rings. The molecule has 0 aliphatic heterocycles. The van der Waals surface area contributed by atoms with Gasteiger partial charge in [-0.1, -0.05) is 0 Å². The van der Waals surface area contributed by atoms with Crippen LogP contribution >= 0.6 is 11.3 Å². The summed E-state index contributed by atoms with van der Waals surface area (Å²) in [6.45, 7) is 4.33. The lowest BCUT2D eigenvalue weighted by Gasteiger charge is -2.04. The van der Waals surface area contributed by atoms with Crippen molar-refractivity contribution < 1.29 is 14.1 Å². The summed E-state index contributed by atoms with van der Waals surface area (Å²) in [6, 6.07) is 5.08. The van der Waals surface area contributed by atoms with Crippen LogP contribution in [0.5, 0.6) is 0 Å². The van der Waals surface area contributed by atoms with Crippen LogP contribution in [0.25, 0.3) is 0 Å². The molecule has 0 bridgehead atoms. The van der Waals surface area contributed by atoms with Gasteiger partial charge in [-0.3, -0.25) is 14.9 Å². The van der Waals surface area contributed by atoms with Crippen molar-refractivity contribution in [2.45, 2.75) is 20.4 Å². The number of nitrogens with one attached hydrogen (secondary N) is 1. The Bertz CT molecular complexity index is 693. The van der Waals surface area contributed by atoms with Crippen molar-refractivity contribution in [3.63, 3.8) is 0 Å². The molecule has 2 rings (SSSR count). The Morgan fingerprint density at radius 1 is 1.38 bits per heavy atom. The third-order valence-electron chi connectivity index (χ3n) is 3.05. The van der Waals surface area contributed by atoms with E-state index < -0.39 is 22.3 Å². The topological polar surface area (TPSA) is 72.2 Å². The van der Waals surface area contributed by atoms with E-state index in [0.717, 1.165) is 22.6 Å². The molecule has 5 nitrogen and oxygen atoms in total. The highest BCUT2D eigenvalue weighted by Crippen LogP contribution is 2.21. The Kier molecular flexibility index (Phi) is 4.32. The van der Waals surface area contributed by atoms with Crippen LogP contribution in [0.1, 0.15) is 25.7 Å². The standard InChI is InChI=1S/C14H13FN2O3S/c1-8-5-11(21-9(8)2)7-16-14(18)10-3-4-13(17(19)20)12(15)6-10/h3-6H,7H2,1-2H3,(H,16,18). The maximum atomic E-state index is 13.5. The van der Waals surface area contributed by atoms with Crippen molar-refractivity contribution in [1.29, 1.82) is 0 Å². The number of amides is 1. The van der Waals surface area contributed by atoms with E-state index in [4.69, 9.17) is 0 Å². The van der Waals surface area contributed by atoms with Gasteiger partial charge in [-0.15, -0.1) is 11.3 Å². The van der Waals surface area contributed by atoms with E-state index in [1.807, 2.05) is 19.9 Å². The lowest BCUT2D eigenvalue weighted by molar-refractivity contribution is -0.387. The SMILES string of the molecule is Cc1cc(CNC(=O)c2ccc([N+](=O)[O-])c(F)c2)sc1C. The highest BCUT2D eigenvalue weighted by molar-refractivity contribution is 7.12. The lowest BCUT2D eigenvalue weighted by Crippen LogP contribution is -2.22. The van der Waals surface area contributed by atoms with Crippen LogP contribution in [0.3, 0.4) is 0 Å². The number of benzene rings is 1. The number of nitro groups is 1. The lowest BCUT2D eigenvalue weighted by atomic mass is 10.2. The molecular weight excluding hydrogens is 295 g/mol. The Morgan fingerprint density at radius 3 is 2.62 bits per heavy atom. The van der Waals surface area contributed by atoms with E-state index >= 15 is 0 Å². The largest absolute Gasteiger partial charge is 0.347 e. The van der Waals surface area contributed by atoms with E-state index in [2.05, 4.69) is 5.32 Å². The molecule has 1 amide bonds. The van der Waals surface area contributed by atoms with Crippen molar-refractivity contribution in [3.8, 4) is 0 Å². The van der Waals surface area contributed by atoms with E-state index in [1.54, 1.807) is 11.3 Å². The number of thiophene rings is 1. The van der Waals surface area contributed by atoms with Crippen LogP contribution in [0, 0.1) is 29.8 Å². The molecule has 21 heavy (non-hydrogen) atoms. The number of nitrogens with zero attached hydrogens (tertiary/aromatic N) is 1. The number of halogens is 1. The molecule has 1 aromatic carbocycles. The van der Waals surface area contributed by atoms with Gasteiger partial charge in [0, 0.05) is 21.4 Å². The van der Waals surface area contributed by atoms with Gasteiger partial charge in [0.25, 0.3) is 5.91 Å². The highest BCUT2D eigenvalue weighted by Gasteiger charge is 2.16. The van der Waals surface area contributed by atoms with Gasteiger partial charge in [-0.2, -0.15) is 4.39 Å². The molecule has 0 aliphatic rings. The first-order chi connectivity index (χ1) is 9.88. The fraction of sp³-hybridized carbons (Fsp3) is 0.214. The van der Waals surface area contributed by atoms with Gasteiger partial charge in [0.15, 0.2) is 0 Å². The van der Waals surface area contributed by atoms with Gasteiger partial charge < -0.3 is 5.32 Å². The minimum absolute atomic E-state index is 0.0584. The van der Waals surface area contributed by atoms with E-state index in [9.17, 15) is 19.3 Å². The third kappa shape index (κ3) is 3.43. The Labute approximate surface area is 124 Å². The second-order valence-electron chi connectivity index (χ2n) is 4.56. The summed E-state index contributed by atoms with van der Waals surface area (Å²) in [7, 11) is 0.